The van der Waals surface area contributed by atoms with Gasteiger partial charge in [-0.2, -0.15) is 0 Å². The molecule has 1 aliphatic heterocycles. The van der Waals surface area contributed by atoms with Gasteiger partial charge in [0.2, 0.25) is 11.8 Å². The van der Waals surface area contributed by atoms with Crippen molar-refractivity contribution >= 4 is 17.5 Å². The maximum Gasteiger partial charge on any atom is 0.573 e. The molecule has 2 amide bonds. The average Bonchev–Trinajstić information content (AvgIpc) is 3.28. The lowest BCUT2D eigenvalue weighted by atomic mass is 9.97. The van der Waals surface area contributed by atoms with Crippen molar-refractivity contribution in [2.75, 3.05) is 32.3 Å². The Labute approximate surface area is 226 Å². The van der Waals surface area contributed by atoms with Crippen molar-refractivity contribution < 1.29 is 41.4 Å². The molecular formula is C27H27F4N3O6. The van der Waals surface area contributed by atoms with Gasteiger partial charge < -0.3 is 29.4 Å². The second-order valence-electron chi connectivity index (χ2n) is 8.61. The highest BCUT2D eigenvalue weighted by Gasteiger charge is 2.34. The van der Waals surface area contributed by atoms with Crippen LogP contribution in [-0.2, 0) is 16.1 Å². The molecule has 1 fully saturated rings. The van der Waals surface area contributed by atoms with Gasteiger partial charge in [0.1, 0.15) is 23.0 Å². The summed E-state index contributed by atoms with van der Waals surface area (Å²) < 4.78 is 64.5. The predicted molar refractivity (Wildman–Crippen MR) is 137 cm³/mol. The second kappa shape index (κ2) is 13.1. The van der Waals surface area contributed by atoms with Crippen LogP contribution in [0.1, 0.15) is 28.3 Å². The second-order valence-corrected chi connectivity index (χ2v) is 8.61. The van der Waals surface area contributed by atoms with Crippen LogP contribution in [-0.4, -0.2) is 50.1 Å². The fourth-order valence-corrected chi connectivity index (χ4v) is 4.03. The van der Waals surface area contributed by atoms with Crippen LogP contribution < -0.4 is 25.7 Å². The zero-order valence-corrected chi connectivity index (χ0v) is 21.6. The number of amides is 2. The molecular weight excluding hydrogens is 538 g/mol. The third kappa shape index (κ3) is 7.82. The van der Waals surface area contributed by atoms with Crippen molar-refractivity contribution in [1.29, 1.82) is 0 Å². The van der Waals surface area contributed by atoms with Crippen LogP contribution in [0.5, 0.6) is 11.5 Å². The van der Waals surface area contributed by atoms with Gasteiger partial charge in [0.25, 0.3) is 5.56 Å². The molecule has 0 radical (unpaired) electrons. The largest absolute Gasteiger partial charge is 0.573 e. The third-order valence-electron chi connectivity index (χ3n) is 5.97. The Kier molecular flexibility index (Phi) is 9.88. The minimum Gasteiger partial charge on any atom is -0.497 e. The highest BCUT2D eigenvalue weighted by molar-refractivity contribution is 5.96. The minimum absolute atomic E-state index is 0.125. The smallest absolute Gasteiger partial charge is 0.497 e. The number of hydrogen-bond acceptors (Lipinski definition) is 6. The summed E-state index contributed by atoms with van der Waals surface area (Å²) in [5, 5.41) is 0. The Hall–Kier alpha value is -4.39. The summed E-state index contributed by atoms with van der Waals surface area (Å²) in [6.07, 6.45) is -2.91. The molecule has 4 rings (SSSR count). The van der Waals surface area contributed by atoms with Gasteiger partial charge in [-0.3, -0.25) is 14.4 Å². The number of carbonyl (C=O) groups excluding carboxylic acids is 2. The van der Waals surface area contributed by atoms with Crippen LogP contribution in [0.25, 0.3) is 0 Å². The van der Waals surface area contributed by atoms with E-state index in [9.17, 15) is 31.9 Å². The van der Waals surface area contributed by atoms with E-state index in [0.29, 0.717) is 30.2 Å². The van der Waals surface area contributed by atoms with E-state index in [1.54, 1.807) is 37.6 Å². The van der Waals surface area contributed by atoms with Crippen molar-refractivity contribution in [1.82, 2.24) is 4.57 Å². The molecule has 40 heavy (non-hydrogen) atoms. The number of halogens is 4. The monoisotopic (exact) mass is 565 g/mol. The van der Waals surface area contributed by atoms with Crippen LogP contribution in [0.3, 0.4) is 0 Å². The Morgan fingerprint density at radius 1 is 1.05 bits per heavy atom. The maximum absolute atomic E-state index is 14.3. The molecule has 0 aliphatic carbocycles. The van der Waals surface area contributed by atoms with Crippen LogP contribution in [0, 0.1) is 5.82 Å². The lowest BCUT2D eigenvalue weighted by Crippen LogP contribution is -2.33. The van der Waals surface area contributed by atoms with Crippen LogP contribution in [0.4, 0.5) is 23.2 Å². The molecule has 1 unspecified atom stereocenters. The Morgan fingerprint density at radius 3 is 2.30 bits per heavy atom. The number of pyridine rings is 1. The third-order valence-corrected chi connectivity index (χ3v) is 5.97. The fourth-order valence-electron chi connectivity index (χ4n) is 4.03. The number of hydrogen-bond donors (Lipinski definition) is 1. The first-order valence-electron chi connectivity index (χ1n) is 11.9. The molecule has 0 saturated carbocycles. The summed E-state index contributed by atoms with van der Waals surface area (Å²) in [6.45, 7) is 1.07. The summed E-state index contributed by atoms with van der Waals surface area (Å²) in [6, 6.07) is 12.3. The average molecular weight is 566 g/mol. The van der Waals surface area contributed by atoms with Gasteiger partial charge in [-0.05, 0) is 48.0 Å². The SMILES string of the molecule is COCCn1cccc(N2CC(c3ccc(OC)cc3F)CC2=O)c1=O.NC(=O)c1ccc(OC(F)(F)F)cc1. The molecule has 0 spiro atoms. The summed E-state index contributed by atoms with van der Waals surface area (Å²) in [4.78, 5) is 37.1. The van der Waals surface area contributed by atoms with Crippen molar-refractivity contribution in [3.8, 4) is 11.5 Å². The number of nitrogens with zero attached hydrogens (tertiary/aromatic N) is 2. The van der Waals surface area contributed by atoms with E-state index in [2.05, 4.69) is 4.74 Å². The molecule has 1 saturated heterocycles. The molecule has 1 aromatic heterocycles. The number of primary amides is 1. The first kappa shape index (κ1) is 30.2. The number of aromatic nitrogens is 1. The summed E-state index contributed by atoms with van der Waals surface area (Å²) in [5.41, 5.74) is 5.52. The molecule has 0 bridgehead atoms. The number of methoxy groups -OCH3 is 2. The maximum atomic E-state index is 14.3. The Bertz CT molecular complexity index is 1390. The van der Waals surface area contributed by atoms with Gasteiger partial charge in [0.05, 0.1) is 13.7 Å². The zero-order valence-electron chi connectivity index (χ0n) is 21.6. The molecule has 2 N–H and O–H groups in total. The first-order valence-corrected chi connectivity index (χ1v) is 11.9. The van der Waals surface area contributed by atoms with E-state index < -0.39 is 18.1 Å². The van der Waals surface area contributed by atoms with E-state index in [0.717, 1.165) is 24.3 Å². The molecule has 3 aromatic rings. The van der Waals surface area contributed by atoms with Crippen molar-refractivity contribution in [2.45, 2.75) is 25.2 Å². The molecule has 214 valence electrons. The number of rotatable bonds is 8. The predicted octanol–water partition coefficient (Wildman–Crippen LogP) is 3.85. The molecule has 2 heterocycles. The van der Waals surface area contributed by atoms with Crippen molar-refractivity contribution in [3.05, 3.63) is 88.1 Å². The van der Waals surface area contributed by atoms with Crippen LogP contribution in [0.15, 0.2) is 65.6 Å². The number of benzene rings is 2. The van der Waals surface area contributed by atoms with E-state index in [4.69, 9.17) is 15.2 Å². The summed E-state index contributed by atoms with van der Waals surface area (Å²) in [5.74, 6) is -1.57. The quantitative estimate of drug-likeness (QED) is 0.416. The molecule has 2 aromatic carbocycles. The van der Waals surface area contributed by atoms with Gasteiger partial charge in [-0.25, -0.2) is 4.39 Å². The van der Waals surface area contributed by atoms with Gasteiger partial charge >= 0.3 is 6.36 Å². The number of anilines is 1. The van der Waals surface area contributed by atoms with Crippen molar-refractivity contribution in [2.24, 2.45) is 5.73 Å². The van der Waals surface area contributed by atoms with E-state index in [1.165, 1.54) is 22.6 Å². The number of alkyl halides is 3. The molecule has 13 heteroatoms. The topological polar surface area (TPSA) is 113 Å². The molecule has 1 atom stereocenters. The summed E-state index contributed by atoms with van der Waals surface area (Å²) in [7, 11) is 3.03. The molecule has 9 nitrogen and oxygen atoms in total. The van der Waals surface area contributed by atoms with Crippen LogP contribution >= 0.6 is 0 Å². The normalized spacial score (nSPS) is 14.9. The van der Waals surface area contributed by atoms with Crippen LogP contribution in [0.2, 0.25) is 0 Å². The van der Waals surface area contributed by atoms with Gasteiger partial charge in [0, 0.05) is 50.4 Å². The fraction of sp³-hybridized carbons (Fsp3) is 0.296. The summed E-state index contributed by atoms with van der Waals surface area (Å²) >= 11 is 0. The Balaban J connectivity index is 0.000000267. The van der Waals surface area contributed by atoms with E-state index >= 15 is 0 Å². The van der Waals surface area contributed by atoms with E-state index in [-0.39, 0.29) is 41.7 Å². The van der Waals surface area contributed by atoms with Crippen molar-refractivity contribution in [3.63, 3.8) is 0 Å². The molecule has 1 aliphatic rings. The van der Waals surface area contributed by atoms with Gasteiger partial charge in [0.15, 0.2) is 0 Å². The lowest BCUT2D eigenvalue weighted by Gasteiger charge is -2.18. The van der Waals surface area contributed by atoms with Gasteiger partial charge in [-0.15, -0.1) is 13.2 Å². The number of carbonyl (C=O) groups is 2. The van der Waals surface area contributed by atoms with Gasteiger partial charge in [-0.1, -0.05) is 6.07 Å². The van der Waals surface area contributed by atoms with E-state index in [1.807, 2.05) is 0 Å². The number of ether oxygens (including phenoxy) is 3. The Morgan fingerprint density at radius 2 is 1.73 bits per heavy atom. The first-order chi connectivity index (χ1) is 18.9. The highest BCUT2D eigenvalue weighted by Crippen LogP contribution is 2.33. The lowest BCUT2D eigenvalue weighted by molar-refractivity contribution is -0.274. The zero-order chi connectivity index (χ0) is 29.4. The highest BCUT2D eigenvalue weighted by atomic mass is 19.4. The standard InChI is InChI=1S/C19H21FN2O4.C8H6F3NO2/c1-25-9-8-21-7-3-4-17(19(21)24)22-12-13(10-18(22)23)15-6-5-14(26-2)11-16(15)20;9-8(10,11)14-6-3-1-5(2-4-6)7(12)13/h3-7,11,13H,8-10,12H2,1-2H3;1-4H,(H2,12,13). The minimum atomic E-state index is -4.73. The number of nitrogens with two attached hydrogens (primary N) is 1.